The molecule has 19 heavy (non-hydrogen) atoms. The van der Waals surface area contributed by atoms with E-state index in [9.17, 15) is 0 Å². The number of nitrogens with one attached hydrogen (secondary N) is 1. The lowest BCUT2D eigenvalue weighted by molar-refractivity contribution is 0.101. The highest BCUT2D eigenvalue weighted by Gasteiger charge is 2.25. The van der Waals surface area contributed by atoms with Gasteiger partial charge in [0.2, 0.25) is 0 Å². The number of benzene rings is 1. The van der Waals surface area contributed by atoms with E-state index in [0.717, 1.165) is 17.9 Å². The maximum absolute atomic E-state index is 5.68. The van der Waals surface area contributed by atoms with Crippen LogP contribution in [0.1, 0.15) is 43.6 Å². The Hall–Kier alpha value is -1.06. The summed E-state index contributed by atoms with van der Waals surface area (Å²) in [5.74, 6) is 0.945. The van der Waals surface area contributed by atoms with Gasteiger partial charge in [-0.1, -0.05) is 32.4 Å². The smallest absolute Gasteiger partial charge is 0.128 e. The normalized spacial score (nSPS) is 13.4. The van der Waals surface area contributed by atoms with E-state index in [0.29, 0.717) is 0 Å². The molecule has 0 heterocycles. The van der Waals surface area contributed by atoms with Crippen molar-refractivity contribution in [2.75, 3.05) is 27.8 Å². The van der Waals surface area contributed by atoms with Gasteiger partial charge in [0.05, 0.1) is 13.2 Å². The molecule has 0 bridgehead atoms. The van der Waals surface area contributed by atoms with Crippen LogP contribution in [0, 0.1) is 6.92 Å². The molecule has 1 atom stereocenters. The van der Waals surface area contributed by atoms with E-state index in [1.165, 1.54) is 11.1 Å². The number of likely N-dealkylation sites (N-methyl/N-ethyl adjacent to an activating group) is 1. The molecule has 0 aliphatic heterocycles. The monoisotopic (exact) mass is 265 g/mol. The van der Waals surface area contributed by atoms with Crippen LogP contribution < -0.4 is 10.1 Å². The zero-order valence-electron chi connectivity index (χ0n) is 13.3. The van der Waals surface area contributed by atoms with Crippen molar-refractivity contribution >= 4 is 0 Å². The second kappa shape index (κ2) is 6.40. The molecule has 0 spiro atoms. The third-order valence-electron chi connectivity index (χ3n) is 3.30. The standard InChI is InChI=1S/C16H27NO2/c1-11-8-12(14(18-6)10-17-5)15(19-7)13(9-11)16(2,3)4/h8-9,14,17H,10H2,1-7H3. The molecule has 0 amide bonds. The molecule has 1 rings (SSSR count). The van der Waals surface area contributed by atoms with Crippen LogP contribution in [0.15, 0.2) is 12.1 Å². The molecule has 1 unspecified atom stereocenters. The van der Waals surface area contributed by atoms with Crippen LogP contribution in [0.3, 0.4) is 0 Å². The maximum Gasteiger partial charge on any atom is 0.128 e. The van der Waals surface area contributed by atoms with Gasteiger partial charge in [-0.25, -0.2) is 0 Å². The average molecular weight is 265 g/mol. The molecule has 0 aliphatic carbocycles. The summed E-state index contributed by atoms with van der Waals surface area (Å²) in [6.07, 6.45) is 0.000880. The van der Waals surface area contributed by atoms with E-state index in [1.807, 2.05) is 7.05 Å². The van der Waals surface area contributed by atoms with Crippen LogP contribution in [-0.2, 0) is 10.2 Å². The molecule has 0 aromatic heterocycles. The van der Waals surface area contributed by atoms with Gasteiger partial charge in [0.25, 0.3) is 0 Å². The Morgan fingerprint density at radius 2 is 1.84 bits per heavy atom. The lowest BCUT2D eigenvalue weighted by Crippen LogP contribution is -2.21. The van der Waals surface area contributed by atoms with Crippen molar-refractivity contribution in [2.45, 2.75) is 39.2 Å². The van der Waals surface area contributed by atoms with Crippen molar-refractivity contribution in [2.24, 2.45) is 0 Å². The summed E-state index contributed by atoms with van der Waals surface area (Å²) in [5.41, 5.74) is 3.62. The molecule has 1 aromatic carbocycles. The summed E-state index contributed by atoms with van der Waals surface area (Å²) >= 11 is 0. The van der Waals surface area contributed by atoms with Gasteiger partial charge < -0.3 is 14.8 Å². The summed E-state index contributed by atoms with van der Waals surface area (Å²) in [7, 11) is 5.40. The molecule has 0 saturated heterocycles. The predicted octanol–water partition coefficient (Wildman–Crippen LogP) is 3.21. The molecule has 108 valence electrons. The molecule has 0 fully saturated rings. The van der Waals surface area contributed by atoms with Crippen molar-refractivity contribution in [3.8, 4) is 5.75 Å². The van der Waals surface area contributed by atoms with Crippen LogP contribution >= 0.6 is 0 Å². The second-order valence-electron chi connectivity index (χ2n) is 5.97. The number of rotatable bonds is 5. The molecule has 3 nitrogen and oxygen atoms in total. The molecular weight excluding hydrogens is 238 g/mol. The number of methoxy groups -OCH3 is 2. The fourth-order valence-corrected chi connectivity index (χ4v) is 2.33. The minimum atomic E-state index is 0.000880. The third-order valence-corrected chi connectivity index (χ3v) is 3.30. The Labute approximate surface area is 117 Å². The Balaban J connectivity index is 3.42. The molecule has 1 N–H and O–H groups in total. The summed E-state index contributed by atoms with van der Waals surface area (Å²) in [6, 6.07) is 4.36. The Morgan fingerprint density at radius 1 is 1.21 bits per heavy atom. The summed E-state index contributed by atoms with van der Waals surface area (Å²) < 4.78 is 11.3. The lowest BCUT2D eigenvalue weighted by atomic mass is 9.83. The van der Waals surface area contributed by atoms with Crippen molar-refractivity contribution < 1.29 is 9.47 Å². The van der Waals surface area contributed by atoms with Crippen LogP contribution in [-0.4, -0.2) is 27.8 Å². The van der Waals surface area contributed by atoms with Crippen LogP contribution in [0.25, 0.3) is 0 Å². The highest BCUT2D eigenvalue weighted by Crippen LogP contribution is 2.38. The van der Waals surface area contributed by atoms with E-state index in [4.69, 9.17) is 9.47 Å². The first-order chi connectivity index (χ1) is 8.85. The topological polar surface area (TPSA) is 30.5 Å². The quantitative estimate of drug-likeness (QED) is 0.887. The maximum atomic E-state index is 5.68. The number of hydrogen-bond donors (Lipinski definition) is 1. The first-order valence-corrected chi connectivity index (χ1v) is 6.71. The van der Waals surface area contributed by atoms with Gasteiger partial charge in [-0.2, -0.15) is 0 Å². The highest BCUT2D eigenvalue weighted by atomic mass is 16.5. The predicted molar refractivity (Wildman–Crippen MR) is 80.1 cm³/mol. The molecule has 1 aromatic rings. The van der Waals surface area contributed by atoms with Gasteiger partial charge in [-0.05, 0) is 25.5 Å². The van der Waals surface area contributed by atoms with Gasteiger partial charge in [0.1, 0.15) is 5.75 Å². The summed E-state index contributed by atoms with van der Waals surface area (Å²) in [5, 5.41) is 3.17. The zero-order chi connectivity index (χ0) is 14.6. The van der Waals surface area contributed by atoms with Crippen molar-refractivity contribution in [1.82, 2.24) is 5.32 Å². The van der Waals surface area contributed by atoms with Crippen LogP contribution in [0.2, 0.25) is 0 Å². The zero-order valence-corrected chi connectivity index (χ0v) is 13.3. The van der Waals surface area contributed by atoms with Gasteiger partial charge in [0.15, 0.2) is 0 Å². The van der Waals surface area contributed by atoms with Crippen LogP contribution in [0.4, 0.5) is 0 Å². The highest BCUT2D eigenvalue weighted by molar-refractivity contribution is 5.49. The first-order valence-electron chi connectivity index (χ1n) is 6.71. The Morgan fingerprint density at radius 3 is 2.26 bits per heavy atom. The Bertz CT molecular complexity index is 421. The fourth-order valence-electron chi connectivity index (χ4n) is 2.33. The van der Waals surface area contributed by atoms with E-state index < -0.39 is 0 Å². The number of aryl methyl sites for hydroxylation is 1. The van der Waals surface area contributed by atoms with E-state index in [-0.39, 0.29) is 11.5 Å². The van der Waals surface area contributed by atoms with E-state index in [2.05, 4.69) is 45.1 Å². The molecule has 0 aliphatic rings. The minimum absolute atomic E-state index is 0.000880. The van der Waals surface area contributed by atoms with Gasteiger partial charge in [-0.3, -0.25) is 0 Å². The van der Waals surface area contributed by atoms with Crippen LogP contribution in [0.5, 0.6) is 5.75 Å². The summed E-state index contributed by atoms with van der Waals surface area (Å²) in [6.45, 7) is 9.49. The van der Waals surface area contributed by atoms with E-state index in [1.54, 1.807) is 14.2 Å². The molecule has 0 saturated carbocycles. The van der Waals surface area contributed by atoms with Gasteiger partial charge in [0, 0.05) is 24.8 Å². The minimum Gasteiger partial charge on any atom is -0.496 e. The molecule has 3 heteroatoms. The average Bonchev–Trinajstić information content (AvgIpc) is 2.33. The molecule has 0 radical (unpaired) electrons. The summed E-state index contributed by atoms with van der Waals surface area (Å²) in [4.78, 5) is 0. The van der Waals surface area contributed by atoms with Crippen molar-refractivity contribution in [3.05, 3.63) is 28.8 Å². The van der Waals surface area contributed by atoms with Crippen molar-refractivity contribution in [3.63, 3.8) is 0 Å². The largest absolute Gasteiger partial charge is 0.496 e. The fraction of sp³-hybridized carbons (Fsp3) is 0.625. The number of ether oxygens (including phenoxy) is 2. The lowest BCUT2D eigenvalue weighted by Gasteiger charge is -2.27. The van der Waals surface area contributed by atoms with Crippen molar-refractivity contribution in [1.29, 1.82) is 0 Å². The SMILES string of the molecule is CNCC(OC)c1cc(C)cc(C(C)(C)C)c1OC. The third kappa shape index (κ3) is 3.71. The molecular formula is C16H27NO2. The first kappa shape index (κ1) is 16.0. The number of hydrogen-bond acceptors (Lipinski definition) is 3. The van der Waals surface area contributed by atoms with E-state index >= 15 is 0 Å². The second-order valence-corrected chi connectivity index (χ2v) is 5.97. The Kier molecular flexibility index (Phi) is 5.39. The van der Waals surface area contributed by atoms with Gasteiger partial charge in [-0.15, -0.1) is 0 Å². The van der Waals surface area contributed by atoms with Gasteiger partial charge >= 0.3 is 0 Å².